The summed E-state index contributed by atoms with van der Waals surface area (Å²) in [6, 6.07) is 3.98. The van der Waals surface area contributed by atoms with Gasteiger partial charge >= 0.3 is 6.18 Å². The molecule has 0 aromatic heterocycles. The van der Waals surface area contributed by atoms with Crippen molar-refractivity contribution in [3.63, 3.8) is 0 Å². The topological polar surface area (TPSA) is 26.0 Å². The van der Waals surface area contributed by atoms with Crippen LogP contribution in [0.1, 0.15) is 29.9 Å². The fourth-order valence-corrected chi connectivity index (χ4v) is 1.66. The normalized spacial score (nSPS) is 17.1. The molecule has 1 aliphatic carbocycles. The zero-order chi connectivity index (χ0) is 10.3. The Morgan fingerprint density at radius 2 is 1.86 bits per heavy atom. The van der Waals surface area contributed by atoms with Gasteiger partial charge in [-0.15, -0.1) is 0 Å². The Balaban J connectivity index is 2.53. The lowest BCUT2D eigenvalue weighted by Crippen LogP contribution is -2.10. The van der Waals surface area contributed by atoms with Crippen molar-refractivity contribution in [1.82, 2.24) is 0 Å². The number of nitrogen functional groups attached to an aromatic ring is 1. The fraction of sp³-hybridized carbons (Fsp3) is 0.400. The van der Waals surface area contributed by atoms with E-state index >= 15 is 0 Å². The number of anilines is 1. The summed E-state index contributed by atoms with van der Waals surface area (Å²) in [7, 11) is 0. The molecule has 0 saturated heterocycles. The van der Waals surface area contributed by atoms with E-state index in [0.29, 0.717) is 5.56 Å². The van der Waals surface area contributed by atoms with E-state index in [1.54, 1.807) is 0 Å². The van der Waals surface area contributed by atoms with Gasteiger partial charge in [0.1, 0.15) is 0 Å². The summed E-state index contributed by atoms with van der Waals surface area (Å²) in [5, 5.41) is 0. The molecule has 1 saturated carbocycles. The molecule has 0 aliphatic heterocycles. The number of nitrogens with two attached hydrogens (primary N) is 1. The summed E-state index contributed by atoms with van der Waals surface area (Å²) >= 11 is 0. The van der Waals surface area contributed by atoms with Gasteiger partial charge in [-0.2, -0.15) is 13.2 Å². The molecule has 1 aromatic carbocycles. The molecule has 0 radical (unpaired) electrons. The molecular weight excluding hydrogens is 191 g/mol. The highest BCUT2D eigenvalue weighted by Crippen LogP contribution is 2.48. The maximum atomic E-state index is 12.6. The third-order valence-electron chi connectivity index (χ3n) is 2.43. The molecule has 0 bridgehead atoms. The summed E-state index contributed by atoms with van der Waals surface area (Å²) in [5.41, 5.74) is 5.55. The summed E-state index contributed by atoms with van der Waals surface area (Å²) in [6.07, 6.45) is -2.65. The Bertz CT molecular complexity index is 353. The number of hydrogen-bond acceptors (Lipinski definition) is 1. The van der Waals surface area contributed by atoms with Gasteiger partial charge in [-0.1, -0.05) is 6.07 Å². The molecular formula is C10H10F3N. The molecule has 76 valence electrons. The maximum absolute atomic E-state index is 12.6. The van der Waals surface area contributed by atoms with Crippen LogP contribution < -0.4 is 5.73 Å². The van der Waals surface area contributed by atoms with Gasteiger partial charge in [-0.3, -0.25) is 0 Å². The average molecular weight is 201 g/mol. The SMILES string of the molecule is Nc1cccc(C(F)(F)F)c1C1CC1. The van der Waals surface area contributed by atoms with Crippen LogP contribution in [0, 0.1) is 0 Å². The summed E-state index contributed by atoms with van der Waals surface area (Å²) in [6.45, 7) is 0. The van der Waals surface area contributed by atoms with Crippen LogP contribution in [-0.4, -0.2) is 0 Å². The van der Waals surface area contributed by atoms with Gasteiger partial charge in [0, 0.05) is 5.69 Å². The van der Waals surface area contributed by atoms with E-state index in [-0.39, 0.29) is 11.6 Å². The van der Waals surface area contributed by atoms with Crippen LogP contribution in [0.25, 0.3) is 0 Å². The van der Waals surface area contributed by atoms with Crippen LogP contribution in [0.2, 0.25) is 0 Å². The highest BCUT2D eigenvalue weighted by atomic mass is 19.4. The van der Waals surface area contributed by atoms with E-state index in [1.807, 2.05) is 0 Å². The van der Waals surface area contributed by atoms with Crippen molar-refractivity contribution in [1.29, 1.82) is 0 Å². The van der Waals surface area contributed by atoms with Gasteiger partial charge in [0.05, 0.1) is 5.56 Å². The first kappa shape index (κ1) is 9.37. The van der Waals surface area contributed by atoms with Crippen molar-refractivity contribution in [2.24, 2.45) is 0 Å². The third kappa shape index (κ3) is 1.56. The lowest BCUT2D eigenvalue weighted by molar-refractivity contribution is -0.138. The lowest BCUT2D eigenvalue weighted by Gasteiger charge is -2.13. The molecule has 4 heteroatoms. The van der Waals surface area contributed by atoms with Crippen LogP contribution in [0.15, 0.2) is 18.2 Å². The van der Waals surface area contributed by atoms with Gasteiger partial charge in [0.25, 0.3) is 0 Å². The van der Waals surface area contributed by atoms with Crippen molar-refractivity contribution in [3.05, 3.63) is 29.3 Å². The van der Waals surface area contributed by atoms with Crippen molar-refractivity contribution in [2.45, 2.75) is 24.9 Å². The van der Waals surface area contributed by atoms with E-state index in [2.05, 4.69) is 0 Å². The second-order valence-corrected chi connectivity index (χ2v) is 3.58. The first-order valence-corrected chi connectivity index (χ1v) is 4.45. The van der Waals surface area contributed by atoms with E-state index < -0.39 is 11.7 Å². The molecule has 0 amide bonds. The second-order valence-electron chi connectivity index (χ2n) is 3.58. The van der Waals surface area contributed by atoms with Gasteiger partial charge in [0.2, 0.25) is 0 Å². The zero-order valence-corrected chi connectivity index (χ0v) is 7.43. The standard InChI is InChI=1S/C10H10F3N/c11-10(12,13)7-2-1-3-8(14)9(7)6-4-5-6/h1-3,6H,4-5,14H2. The van der Waals surface area contributed by atoms with Gasteiger partial charge in [-0.25, -0.2) is 0 Å². The number of hydrogen-bond donors (Lipinski definition) is 1. The molecule has 1 fully saturated rings. The van der Waals surface area contributed by atoms with E-state index in [4.69, 9.17) is 5.73 Å². The molecule has 0 unspecified atom stereocenters. The number of alkyl halides is 3. The minimum atomic E-state index is -4.28. The Morgan fingerprint density at radius 3 is 2.36 bits per heavy atom. The van der Waals surface area contributed by atoms with Crippen molar-refractivity contribution in [3.8, 4) is 0 Å². The third-order valence-corrected chi connectivity index (χ3v) is 2.43. The number of benzene rings is 1. The number of halogens is 3. The van der Waals surface area contributed by atoms with Crippen LogP contribution >= 0.6 is 0 Å². The molecule has 0 spiro atoms. The van der Waals surface area contributed by atoms with E-state index in [1.165, 1.54) is 12.1 Å². The smallest absolute Gasteiger partial charge is 0.398 e. The Labute approximate surface area is 79.7 Å². The molecule has 1 aromatic rings. The van der Waals surface area contributed by atoms with Gasteiger partial charge in [0.15, 0.2) is 0 Å². The minimum absolute atomic E-state index is 0.0211. The summed E-state index contributed by atoms with van der Waals surface area (Å²) in [5.74, 6) is 0.0211. The molecule has 0 atom stereocenters. The van der Waals surface area contributed by atoms with Crippen LogP contribution in [0.3, 0.4) is 0 Å². The van der Waals surface area contributed by atoms with Crippen LogP contribution in [0.4, 0.5) is 18.9 Å². The zero-order valence-electron chi connectivity index (χ0n) is 7.43. The number of rotatable bonds is 1. The largest absolute Gasteiger partial charge is 0.416 e. The van der Waals surface area contributed by atoms with Gasteiger partial charge in [-0.05, 0) is 36.5 Å². The quantitative estimate of drug-likeness (QED) is 0.694. The predicted molar refractivity (Wildman–Crippen MR) is 47.8 cm³/mol. The summed E-state index contributed by atoms with van der Waals surface area (Å²) in [4.78, 5) is 0. The van der Waals surface area contributed by atoms with Crippen LogP contribution in [-0.2, 0) is 6.18 Å². The minimum Gasteiger partial charge on any atom is -0.398 e. The summed E-state index contributed by atoms with van der Waals surface area (Å²) < 4.78 is 37.7. The Kier molecular flexibility index (Phi) is 1.94. The van der Waals surface area contributed by atoms with E-state index in [9.17, 15) is 13.2 Å². The molecule has 1 aliphatic rings. The highest BCUT2D eigenvalue weighted by Gasteiger charge is 2.38. The fourth-order valence-electron chi connectivity index (χ4n) is 1.66. The maximum Gasteiger partial charge on any atom is 0.416 e. The molecule has 1 nitrogen and oxygen atoms in total. The predicted octanol–water partition coefficient (Wildman–Crippen LogP) is 3.17. The second kappa shape index (κ2) is 2.90. The molecule has 14 heavy (non-hydrogen) atoms. The van der Waals surface area contributed by atoms with E-state index in [0.717, 1.165) is 18.9 Å². The Hall–Kier alpha value is -1.19. The lowest BCUT2D eigenvalue weighted by atomic mass is 10.0. The van der Waals surface area contributed by atoms with Crippen molar-refractivity contribution < 1.29 is 13.2 Å². The monoisotopic (exact) mass is 201 g/mol. The average Bonchev–Trinajstić information content (AvgIpc) is 2.85. The molecule has 2 N–H and O–H groups in total. The first-order valence-electron chi connectivity index (χ1n) is 4.45. The Morgan fingerprint density at radius 1 is 1.21 bits per heavy atom. The molecule has 2 rings (SSSR count). The first-order chi connectivity index (χ1) is 6.50. The van der Waals surface area contributed by atoms with Crippen LogP contribution in [0.5, 0.6) is 0 Å². The highest BCUT2D eigenvalue weighted by molar-refractivity contribution is 5.55. The molecule has 0 heterocycles. The van der Waals surface area contributed by atoms with Crippen molar-refractivity contribution in [2.75, 3.05) is 5.73 Å². The van der Waals surface area contributed by atoms with Crippen molar-refractivity contribution >= 4 is 5.69 Å². The van der Waals surface area contributed by atoms with Gasteiger partial charge < -0.3 is 5.73 Å².